The van der Waals surface area contributed by atoms with Crippen LogP contribution in [0.1, 0.15) is 51.4 Å². The fraction of sp³-hybridized carbons (Fsp3) is 0.588. The molecule has 1 saturated heterocycles. The van der Waals surface area contributed by atoms with Crippen LogP contribution in [-0.2, 0) is 14.4 Å². The smallest absolute Gasteiger partial charge is 0.229 e. The van der Waals surface area contributed by atoms with E-state index in [-0.39, 0.29) is 29.4 Å². The molecule has 1 aliphatic heterocycles. The maximum Gasteiger partial charge on any atom is 0.229 e. The maximum absolute atomic E-state index is 12.5. The van der Waals surface area contributed by atoms with Crippen LogP contribution in [0.25, 0.3) is 0 Å². The molecule has 0 radical (unpaired) electrons. The molecule has 2 amide bonds. The van der Waals surface area contributed by atoms with Gasteiger partial charge in [0.05, 0.1) is 0 Å². The van der Waals surface area contributed by atoms with Crippen LogP contribution in [0, 0.1) is 11.8 Å². The van der Waals surface area contributed by atoms with Gasteiger partial charge in [0.1, 0.15) is 0 Å². The molecule has 4 nitrogen and oxygen atoms in total. The van der Waals surface area contributed by atoms with Gasteiger partial charge in [-0.15, -0.1) is 0 Å². The summed E-state index contributed by atoms with van der Waals surface area (Å²) in [5.74, 6) is -0.122. The number of carbonyl (C=O) groups excluding carboxylic acids is 3. The van der Waals surface area contributed by atoms with Gasteiger partial charge >= 0.3 is 0 Å². The van der Waals surface area contributed by atoms with Crippen molar-refractivity contribution >= 4 is 17.6 Å². The van der Waals surface area contributed by atoms with E-state index in [0.717, 1.165) is 37.7 Å². The number of rotatable bonds is 3. The Balaban J connectivity index is 1.57. The van der Waals surface area contributed by atoms with Gasteiger partial charge in [-0.05, 0) is 50.5 Å². The zero-order chi connectivity index (χ0) is 14.8. The van der Waals surface area contributed by atoms with E-state index in [1.54, 1.807) is 0 Å². The lowest BCUT2D eigenvalue weighted by molar-refractivity contribution is -0.137. The van der Waals surface area contributed by atoms with Crippen LogP contribution >= 0.6 is 0 Å². The summed E-state index contributed by atoms with van der Waals surface area (Å²) in [4.78, 5) is 35.4. The average Bonchev–Trinajstić information content (AvgIpc) is 2.48. The number of carbonyl (C=O) groups is 3. The minimum Gasteiger partial charge on any atom is -0.296 e. The van der Waals surface area contributed by atoms with Crippen molar-refractivity contribution in [2.24, 2.45) is 11.8 Å². The highest BCUT2D eigenvalue weighted by atomic mass is 16.2. The normalized spacial score (nSPS) is 29.4. The van der Waals surface area contributed by atoms with Crippen molar-refractivity contribution in [1.82, 2.24) is 5.32 Å². The number of hydrogen-bond donors (Lipinski definition) is 1. The van der Waals surface area contributed by atoms with E-state index in [1.165, 1.54) is 5.57 Å². The number of hydrogen-bond acceptors (Lipinski definition) is 3. The van der Waals surface area contributed by atoms with Gasteiger partial charge in [0, 0.05) is 23.8 Å². The van der Waals surface area contributed by atoms with E-state index in [0.29, 0.717) is 19.3 Å². The molecular formula is C17H21NO3. The summed E-state index contributed by atoms with van der Waals surface area (Å²) < 4.78 is 0. The van der Waals surface area contributed by atoms with Crippen LogP contribution in [0.15, 0.2) is 23.3 Å². The first-order valence-electron chi connectivity index (χ1n) is 7.92. The maximum atomic E-state index is 12.5. The number of piperidine rings is 1. The highest BCUT2D eigenvalue weighted by molar-refractivity contribution is 6.02. The Hall–Kier alpha value is -1.71. The minimum atomic E-state index is -0.174. The third-order valence-corrected chi connectivity index (χ3v) is 4.87. The van der Waals surface area contributed by atoms with Crippen molar-refractivity contribution < 1.29 is 14.4 Å². The third-order valence-electron chi connectivity index (χ3n) is 4.87. The number of amides is 2. The van der Waals surface area contributed by atoms with Crippen molar-refractivity contribution in [3.05, 3.63) is 23.3 Å². The molecule has 3 aliphatic rings. The van der Waals surface area contributed by atoms with Gasteiger partial charge in [-0.25, -0.2) is 0 Å². The number of Topliss-reactive ketones (excluding diaryl/α,β-unsaturated/α-hetero) is 1. The Morgan fingerprint density at radius 3 is 2.48 bits per heavy atom. The van der Waals surface area contributed by atoms with Gasteiger partial charge in [0.2, 0.25) is 11.8 Å². The van der Waals surface area contributed by atoms with E-state index >= 15 is 0 Å². The van der Waals surface area contributed by atoms with Crippen LogP contribution in [0.4, 0.5) is 0 Å². The van der Waals surface area contributed by atoms with Crippen LogP contribution in [0.5, 0.6) is 0 Å². The van der Waals surface area contributed by atoms with Gasteiger partial charge in [0.25, 0.3) is 0 Å². The van der Waals surface area contributed by atoms with Gasteiger partial charge in [0.15, 0.2) is 5.78 Å². The fourth-order valence-corrected chi connectivity index (χ4v) is 3.59. The zero-order valence-corrected chi connectivity index (χ0v) is 12.2. The van der Waals surface area contributed by atoms with Crippen LogP contribution < -0.4 is 5.32 Å². The van der Waals surface area contributed by atoms with E-state index < -0.39 is 0 Å². The van der Waals surface area contributed by atoms with E-state index in [1.807, 2.05) is 0 Å². The average molecular weight is 287 g/mol. The largest absolute Gasteiger partial charge is 0.296 e. The Kier molecular flexibility index (Phi) is 4.04. The molecule has 0 aromatic carbocycles. The standard InChI is InChI=1S/C17H21NO3/c19-15-10-9-13(17(21)18-15)8-7-12-6-5-11-3-1-2-4-14(11)16(12)20/h3-4,12-13H,1-2,5-10H2,(H,18,19,21). The number of allylic oxidation sites excluding steroid dienone is 4. The van der Waals surface area contributed by atoms with Crippen molar-refractivity contribution in [2.45, 2.75) is 51.4 Å². The predicted octanol–water partition coefficient (Wildman–Crippen LogP) is 2.45. The molecule has 0 spiro atoms. The Labute approximate surface area is 124 Å². The quantitative estimate of drug-likeness (QED) is 0.811. The first-order chi connectivity index (χ1) is 10.1. The van der Waals surface area contributed by atoms with Crippen molar-refractivity contribution in [3.8, 4) is 0 Å². The van der Waals surface area contributed by atoms with Crippen molar-refractivity contribution in [1.29, 1.82) is 0 Å². The number of fused-ring (bicyclic) bond motifs is 1. The first-order valence-corrected chi connectivity index (χ1v) is 7.92. The molecule has 3 rings (SSSR count). The van der Waals surface area contributed by atoms with Crippen molar-refractivity contribution in [3.63, 3.8) is 0 Å². The lowest BCUT2D eigenvalue weighted by Crippen LogP contribution is -2.41. The van der Waals surface area contributed by atoms with Crippen LogP contribution in [0.3, 0.4) is 0 Å². The Bertz CT molecular complexity index is 544. The number of ketones is 1. The molecule has 2 unspecified atom stereocenters. The summed E-state index contributed by atoms with van der Waals surface area (Å²) in [5, 5.41) is 2.39. The van der Waals surface area contributed by atoms with Gasteiger partial charge in [-0.1, -0.05) is 12.2 Å². The highest BCUT2D eigenvalue weighted by Crippen LogP contribution is 2.36. The molecule has 2 aliphatic carbocycles. The summed E-state index contributed by atoms with van der Waals surface area (Å²) in [7, 11) is 0. The Morgan fingerprint density at radius 2 is 1.67 bits per heavy atom. The van der Waals surface area contributed by atoms with Crippen LogP contribution in [-0.4, -0.2) is 17.6 Å². The predicted molar refractivity (Wildman–Crippen MR) is 78.2 cm³/mol. The van der Waals surface area contributed by atoms with Crippen molar-refractivity contribution in [2.75, 3.05) is 0 Å². The zero-order valence-electron chi connectivity index (χ0n) is 12.2. The molecule has 2 atom stereocenters. The summed E-state index contributed by atoms with van der Waals surface area (Å²) in [6.45, 7) is 0. The molecule has 0 aromatic rings. The van der Waals surface area contributed by atoms with E-state index in [9.17, 15) is 14.4 Å². The highest BCUT2D eigenvalue weighted by Gasteiger charge is 2.32. The molecule has 21 heavy (non-hydrogen) atoms. The van der Waals surface area contributed by atoms with Gasteiger partial charge in [-0.3, -0.25) is 19.7 Å². The number of nitrogens with one attached hydrogen (secondary N) is 1. The van der Waals surface area contributed by atoms with E-state index in [2.05, 4.69) is 17.5 Å². The summed E-state index contributed by atoms with van der Waals surface area (Å²) >= 11 is 0. The van der Waals surface area contributed by atoms with Gasteiger partial charge < -0.3 is 0 Å². The number of imide groups is 1. The summed E-state index contributed by atoms with van der Waals surface area (Å²) in [6, 6.07) is 0. The topological polar surface area (TPSA) is 63.2 Å². The molecule has 112 valence electrons. The first kappa shape index (κ1) is 14.2. The minimum absolute atomic E-state index is 0.0527. The third kappa shape index (κ3) is 2.99. The molecule has 4 heteroatoms. The molecular weight excluding hydrogens is 266 g/mol. The molecule has 1 saturated carbocycles. The van der Waals surface area contributed by atoms with E-state index in [4.69, 9.17) is 0 Å². The fourth-order valence-electron chi connectivity index (χ4n) is 3.59. The molecule has 2 fully saturated rings. The lowest BCUT2D eigenvalue weighted by Gasteiger charge is -2.28. The molecule has 0 aromatic heterocycles. The van der Waals surface area contributed by atoms with Gasteiger partial charge in [-0.2, -0.15) is 0 Å². The molecule has 1 heterocycles. The monoisotopic (exact) mass is 287 g/mol. The molecule has 0 bridgehead atoms. The second kappa shape index (κ2) is 5.96. The summed E-state index contributed by atoms with van der Waals surface area (Å²) in [5.41, 5.74) is 2.16. The molecule has 1 N–H and O–H groups in total. The summed E-state index contributed by atoms with van der Waals surface area (Å²) in [6.07, 6.45) is 10.7. The second-order valence-corrected chi connectivity index (χ2v) is 6.25. The second-order valence-electron chi connectivity index (χ2n) is 6.25. The Morgan fingerprint density at radius 1 is 0.952 bits per heavy atom. The van der Waals surface area contributed by atoms with Crippen LogP contribution in [0.2, 0.25) is 0 Å². The SMILES string of the molecule is O=C1CCC(CCC2CCC3=CCCC=C3C2=O)C(=O)N1. The lowest BCUT2D eigenvalue weighted by atomic mass is 9.75.